The lowest BCUT2D eigenvalue weighted by Gasteiger charge is -2.27. The smallest absolute Gasteiger partial charge is 0.229 e. The van der Waals surface area contributed by atoms with Crippen molar-refractivity contribution in [2.75, 3.05) is 43.8 Å². The first-order valence-electron chi connectivity index (χ1n) is 12.1. The molecule has 0 bridgehead atoms. The number of rotatable bonds is 7. The molecule has 1 aliphatic carbocycles. The van der Waals surface area contributed by atoms with Crippen LogP contribution in [0.4, 0.5) is 5.69 Å². The second-order valence-electron chi connectivity index (χ2n) is 10.2. The minimum Gasteiger partial charge on any atom is -0.381 e. The standard InChI is InChI=1S/C25H34N4O3S/c1-33(30,31)28-24-4-2-3-20(14-24)25-6-5-23(26-27-25)13-19-11-21-16-29(17-22(21)12-19)15-18-7-9-32-10-8-18/h2-6,14,18-19,21-22,28H,7-13,15-17H2,1H3/t19?,21-,22+. The fraction of sp³-hybridized carbons (Fsp3) is 0.600. The molecule has 0 radical (unpaired) electrons. The molecule has 0 amide bonds. The van der Waals surface area contributed by atoms with E-state index >= 15 is 0 Å². The topological polar surface area (TPSA) is 84.4 Å². The van der Waals surface area contributed by atoms with Crippen LogP contribution in [-0.4, -0.2) is 62.6 Å². The summed E-state index contributed by atoms with van der Waals surface area (Å²) in [5.74, 6) is 3.21. The fourth-order valence-corrected chi connectivity index (χ4v) is 6.56. The molecular weight excluding hydrogens is 436 g/mol. The van der Waals surface area contributed by atoms with E-state index in [-0.39, 0.29) is 0 Å². The zero-order chi connectivity index (χ0) is 22.8. The Hall–Kier alpha value is -2.03. The van der Waals surface area contributed by atoms with Crippen molar-refractivity contribution in [3.8, 4) is 11.3 Å². The number of likely N-dealkylation sites (tertiary alicyclic amines) is 1. The van der Waals surface area contributed by atoms with Gasteiger partial charge in [0.15, 0.2) is 0 Å². The zero-order valence-electron chi connectivity index (χ0n) is 19.3. The average molecular weight is 471 g/mol. The Morgan fingerprint density at radius 1 is 1.03 bits per heavy atom. The molecule has 2 saturated heterocycles. The lowest BCUT2D eigenvalue weighted by molar-refractivity contribution is 0.0544. The van der Waals surface area contributed by atoms with Crippen LogP contribution in [0.25, 0.3) is 11.3 Å². The summed E-state index contributed by atoms with van der Waals surface area (Å²) in [6, 6.07) is 11.3. The van der Waals surface area contributed by atoms with Crippen LogP contribution in [0.15, 0.2) is 36.4 Å². The molecule has 5 rings (SSSR count). The quantitative estimate of drug-likeness (QED) is 0.667. The van der Waals surface area contributed by atoms with Gasteiger partial charge in [0.2, 0.25) is 10.0 Å². The van der Waals surface area contributed by atoms with E-state index in [1.807, 2.05) is 18.2 Å². The molecule has 1 N–H and O–H groups in total. The molecule has 1 aromatic heterocycles. The van der Waals surface area contributed by atoms with Crippen LogP contribution in [-0.2, 0) is 21.2 Å². The number of sulfonamides is 1. The highest BCUT2D eigenvalue weighted by Crippen LogP contribution is 2.43. The molecule has 2 aromatic rings. The van der Waals surface area contributed by atoms with Gasteiger partial charge in [-0.05, 0) is 80.0 Å². The van der Waals surface area contributed by atoms with Crippen molar-refractivity contribution in [1.82, 2.24) is 15.1 Å². The van der Waals surface area contributed by atoms with Crippen LogP contribution in [0.2, 0.25) is 0 Å². The summed E-state index contributed by atoms with van der Waals surface area (Å²) in [6.07, 6.45) is 7.20. The zero-order valence-corrected chi connectivity index (χ0v) is 20.1. The van der Waals surface area contributed by atoms with Gasteiger partial charge in [0.05, 0.1) is 17.6 Å². The van der Waals surface area contributed by atoms with Gasteiger partial charge in [-0.3, -0.25) is 4.72 Å². The van der Waals surface area contributed by atoms with Crippen LogP contribution in [0.5, 0.6) is 0 Å². The Bertz CT molecular complexity index is 1040. The number of hydrogen-bond donors (Lipinski definition) is 1. The fourth-order valence-electron chi connectivity index (χ4n) is 6.01. The van der Waals surface area contributed by atoms with Crippen LogP contribution < -0.4 is 4.72 Å². The largest absolute Gasteiger partial charge is 0.381 e. The molecule has 0 spiro atoms. The molecule has 33 heavy (non-hydrogen) atoms. The Balaban J connectivity index is 1.13. The lowest BCUT2D eigenvalue weighted by Crippen LogP contribution is -2.31. The van der Waals surface area contributed by atoms with E-state index in [1.165, 1.54) is 45.3 Å². The van der Waals surface area contributed by atoms with Crippen molar-refractivity contribution in [3.05, 3.63) is 42.1 Å². The van der Waals surface area contributed by atoms with E-state index in [4.69, 9.17) is 4.74 Å². The van der Waals surface area contributed by atoms with Gasteiger partial charge in [0, 0.05) is 44.1 Å². The molecule has 1 unspecified atom stereocenters. The van der Waals surface area contributed by atoms with Gasteiger partial charge in [-0.1, -0.05) is 12.1 Å². The van der Waals surface area contributed by atoms with E-state index in [0.717, 1.165) is 60.6 Å². The number of aromatic nitrogens is 2. The maximum atomic E-state index is 11.5. The maximum Gasteiger partial charge on any atom is 0.229 e. The summed E-state index contributed by atoms with van der Waals surface area (Å²) in [5.41, 5.74) is 3.18. The minimum absolute atomic E-state index is 0.532. The van der Waals surface area contributed by atoms with E-state index in [2.05, 4.69) is 25.9 Å². The summed E-state index contributed by atoms with van der Waals surface area (Å²) in [4.78, 5) is 2.71. The Kier molecular flexibility index (Phi) is 6.67. The van der Waals surface area contributed by atoms with Crippen molar-refractivity contribution in [2.24, 2.45) is 23.7 Å². The first kappa shape index (κ1) is 22.7. The maximum absolute atomic E-state index is 11.5. The lowest BCUT2D eigenvalue weighted by atomic mass is 9.98. The van der Waals surface area contributed by atoms with Crippen molar-refractivity contribution < 1.29 is 13.2 Å². The second-order valence-corrected chi connectivity index (χ2v) is 11.9. The summed E-state index contributed by atoms with van der Waals surface area (Å²) >= 11 is 0. The monoisotopic (exact) mass is 470 g/mol. The van der Waals surface area contributed by atoms with Gasteiger partial charge in [-0.2, -0.15) is 10.2 Å². The number of anilines is 1. The normalized spacial score (nSPS) is 26.4. The number of hydrogen-bond acceptors (Lipinski definition) is 6. The predicted octanol–water partition coefficient (Wildman–Crippen LogP) is 3.44. The van der Waals surface area contributed by atoms with Crippen molar-refractivity contribution in [3.63, 3.8) is 0 Å². The van der Waals surface area contributed by atoms with E-state index in [9.17, 15) is 8.42 Å². The van der Waals surface area contributed by atoms with Gasteiger partial charge in [0.25, 0.3) is 0 Å². The highest BCUT2D eigenvalue weighted by molar-refractivity contribution is 7.92. The van der Waals surface area contributed by atoms with Crippen LogP contribution in [0, 0.1) is 23.7 Å². The average Bonchev–Trinajstić information content (AvgIpc) is 3.32. The number of fused-ring (bicyclic) bond motifs is 1. The summed E-state index contributed by atoms with van der Waals surface area (Å²) in [5, 5.41) is 8.93. The summed E-state index contributed by atoms with van der Waals surface area (Å²) in [7, 11) is -3.31. The van der Waals surface area contributed by atoms with Gasteiger partial charge in [0.1, 0.15) is 0 Å². The number of benzene rings is 1. The van der Waals surface area contributed by atoms with E-state index in [1.54, 1.807) is 12.1 Å². The van der Waals surface area contributed by atoms with Gasteiger partial charge < -0.3 is 9.64 Å². The molecule has 2 aliphatic heterocycles. The number of nitrogens with one attached hydrogen (secondary N) is 1. The van der Waals surface area contributed by atoms with Crippen LogP contribution >= 0.6 is 0 Å². The van der Waals surface area contributed by atoms with Gasteiger partial charge in [-0.15, -0.1) is 0 Å². The van der Waals surface area contributed by atoms with Crippen LogP contribution in [0.1, 0.15) is 31.4 Å². The first-order chi connectivity index (χ1) is 15.9. The Labute approximate surface area is 197 Å². The highest BCUT2D eigenvalue weighted by atomic mass is 32.2. The molecule has 7 nitrogen and oxygen atoms in total. The first-order valence-corrected chi connectivity index (χ1v) is 14.0. The molecule has 1 saturated carbocycles. The third-order valence-corrected chi connectivity index (χ3v) is 8.07. The van der Waals surface area contributed by atoms with Gasteiger partial charge in [-0.25, -0.2) is 8.42 Å². The number of nitrogens with zero attached hydrogens (tertiary/aromatic N) is 3. The van der Waals surface area contributed by atoms with Crippen molar-refractivity contribution >= 4 is 15.7 Å². The summed E-state index contributed by atoms with van der Waals surface area (Å²) < 4.78 is 31.0. The molecule has 3 heterocycles. The van der Waals surface area contributed by atoms with Crippen molar-refractivity contribution in [1.29, 1.82) is 0 Å². The molecule has 8 heteroatoms. The molecule has 3 aliphatic rings. The van der Waals surface area contributed by atoms with Crippen molar-refractivity contribution in [2.45, 2.75) is 32.1 Å². The molecule has 178 valence electrons. The Morgan fingerprint density at radius 2 is 1.79 bits per heavy atom. The molecule has 1 aromatic carbocycles. The third-order valence-electron chi connectivity index (χ3n) is 7.46. The van der Waals surface area contributed by atoms with E-state index < -0.39 is 10.0 Å². The number of ether oxygens (including phenoxy) is 1. The predicted molar refractivity (Wildman–Crippen MR) is 129 cm³/mol. The summed E-state index contributed by atoms with van der Waals surface area (Å²) in [6.45, 7) is 5.67. The SMILES string of the molecule is CS(=O)(=O)Nc1cccc(-c2ccc(CC3C[C@@H]4CN(CC5CCOCC5)C[C@@H]4C3)nn2)c1. The minimum atomic E-state index is -3.31. The van der Waals surface area contributed by atoms with Crippen LogP contribution in [0.3, 0.4) is 0 Å². The molecule has 3 atom stereocenters. The molecule has 3 fully saturated rings. The van der Waals surface area contributed by atoms with Gasteiger partial charge >= 0.3 is 0 Å². The van der Waals surface area contributed by atoms with E-state index in [0.29, 0.717) is 11.6 Å². The third kappa shape index (κ3) is 5.91. The molecular formula is C25H34N4O3S. The second kappa shape index (κ2) is 9.68. The Morgan fingerprint density at radius 3 is 2.45 bits per heavy atom. The highest BCUT2D eigenvalue weighted by Gasteiger charge is 2.41.